The number of thioether (sulfide) groups is 1. The molecule has 1 aromatic carbocycles. The van der Waals surface area contributed by atoms with Gasteiger partial charge in [0.1, 0.15) is 6.54 Å². The number of carboxylic acids is 1. The molecule has 1 aromatic heterocycles. The molecule has 2 heterocycles. The first-order chi connectivity index (χ1) is 11.5. The fourth-order valence-corrected chi connectivity index (χ4v) is 3.34. The van der Waals surface area contributed by atoms with E-state index in [9.17, 15) is 14.4 Å². The van der Waals surface area contributed by atoms with E-state index >= 15 is 0 Å². The van der Waals surface area contributed by atoms with Crippen LogP contribution in [0.15, 0.2) is 52.0 Å². The van der Waals surface area contributed by atoms with Gasteiger partial charge in [-0.2, -0.15) is 0 Å². The van der Waals surface area contributed by atoms with Crippen LogP contribution in [0.3, 0.4) is 0 Å². The first kappa shape index (κ1) is 16.5. The van der Waals surface area contributed by atoms with Crippen LogP contribution in [0.2, 0.25) is 0 Å². The number of imide groups is 1. The Morgan fingerprint density at radius 3 is 2.58 bits per heavy atom. The third-order valence-corrected chi connectivity index (χ3v) is 4.77. The number of nitrogens with zero attached hydrogens (tertiary/aromatic N) is 2. The molecule has 0 radical (unpaired) electrons. The molecule has 1 N–H and O–H groups in total. The molecular formula is C16H11BrN2O4S. The second-order valence-electron chi connectivity index (χ2n) is 4.94. The van der Waals surface area contributed by atoms with E-state index in [0.29, 0.717) is 0 Å². The van der Waals surface area contributed by atoms with Gasteiger partial charge in [0.05, 0.1) is 4.91 Å². The van der Waals surface area contributed by atoms with Gasteiger partial charge in [-0.25, -0.2) is 0 Å². The molecule has 1 saturated heterocycles. The lowest BCUT2D eigenvalue weighted by Gasteiger charge is -2.08. The molecule has 0 bridgehead atoms. The average Bonchev–Trinajstić information content (AvgIpc) is 3.09. The number of halogens is 1. The predicted octanol–water partition coefficient (Wildman–Crippen LogP) is 3.36. The van der Waals surface area contributed by atoms with Crippen molar-refractivity contribution in [1.29, 1.82) is 0 Å². The first-order valence-electron chi connectivity index (χ1n) is 6.86. The van der Waals surface area contributed by atoms with Crippen molar-refractivity contribution in [3.8, 4) is 5.69 Å². The lowest BCUT2D eigenvalue weighted by atomic mass is 10.3. The van der Waals surface area contributed by atoms with E-state index in [1.807, 2.05) is 47.2 Å². The Bertz CT molecular complexity index is 857. The molecule has 0 unspecified atom stereocenters. The summed E-state index contributed by atoms with van der Waals surface area (Å²) in [5.41, 5.74) is 1.62. The Labute approximate surface area is 149 Å². The van der Waals surface area contributed by atoms with Crippen molar-refractivity contribution in [3.63, 3.8) is 0 Å². The second kappa shape index (κ2) is 6.66. The van der Waals surface area contributed by atoms with Crippen molar-refractivity contribution in [2.75, 3.05) is 6.54 Å². The normalized spacial score (nSPS) is 16.2. The molecule has 8 heteroatoms. The highest BCUT2D eigenvalue weighted by atomic mass is 79.9. The molecule has 0 saturated carbocycles. The molecule has 1 aliphatic heterocycles. The molecule has 122 valence electrons. The number of rotatable bonds is 4. The minimum atomic E-state index is -1.23. The number of carboxylic acid groups (broad SMARTS) is 1. The van der Waals surface area contributed by atoms with Crippen molar-refractivity contribution in [1.82, 2.24) is 9.47 Å². The molecule has 0 aliphatic carbocycles. The fourth-order valence-electron chi connectivity index (χ4n) is 2.25. The van der Waals surface area contributed by atoms with Crippen molar-refractivity contribution in [2.24, 2.45) is 0 Å². The summed E-state index contributed by atoms with van der Waals surface area (Å²) in [6.07, 6.45) is 3.44. The summed E-state index contributed by atoms with van der Waals surface area (Å²) in [4.78, 5) is 35.7. The zero-order chi connectivity index (χ0) is 17.3. The summed E-state index contributed by atoms with van der Waals surface area (Å²) < 4.78 is 2.83. The highest BCUT2D eigenvalue weighted by molar-refractivity contribution is 9.10. The largest absolute Gasteiger partial charge is 0.480 e. The Morgan fingerprint density at radius 2 is 1.92 bits per heavy atom. The fraction of sp³-hybridized carbons (Fsp3) is 0.0625. The van der Waals surface area contributed by atoms with Gasteiger partial charge in [-0.1, -0.05) is 15.9 Å². The van der Waals surface area contributed by atoms with E-state index in [0.717, 1.165) is 32.5 Å². The number of aliphatic carboxylic acids is 1. The Kier molecular flexibility index (Phi) is 4.59. The topological polar surface area (TPSA) is 79.6 Å². The van der Waals surface area contributed by atoms with E-state index in [2.05, 4.69) is 15.9 Å². The van der Waals surface area contributed by atoms with Gasteiger partial charge in [-0.3, -0.25) is 19.3 Å². The van der Waals surface area contributed by atoms with Crippen molar-refractivity contribution in [2.45, 2.75) is 0 Å². The van der Waals surface area contributed by atoms with Crippen LogP contribution in [-0.4, -0.2) is 38.2 Å². The lowest BCUT2D eigenvalue weighted by molar-refractivity contribution is -0.140. The third-order valence-electron chi connectivity index (χ3n) is 3.33. The van der Waals surface area contributed by atoms with Gasteiger partial charge >= 0.3 is 5.97 Å². The van der Waals surface area contributed by atoms with Crippen LogP contribution in [0.1, 0.15) is 5.69 Å². The van der Waals surface area contributed by atoms with E-state index in [1.54, 1.807) is 6.08 Å². The maximum Gasteiger partial charge on any atom is 0.323 e. The summed E-state index contributed by atoms with van der Waals surface area (Å²) in [6.45, 7) is -0.629. The van der Waals surface area contributed by atoms with Crippen LogP contribution in [0.4, 0.5) is 4.79 Å². The van der Waals surface area contributed by atoms with Crippen LogP contribution >= 0.6 is 27.7 Å². The number of amides is 2. The molecular weight excluding hydrogens is 396 g/mol. The monoisotopic (exact) mass is 406 g/mol. The van der Waals surface area contributed by atoms with Crippen LogP contribution < -0.4 is 0 Å². The van der Waals surface area contributed by atoms with Crippen LogP contribution in [0, 0.1) is 0 Å². The van der Waals surface area contributed by atoms with E-state index in [-0.39, 0.29) is 4.91 Å². The summed E-state index contributed by atoms with van der Waals surface area (Å²) in [6, 6.07) is 11.3. The van der Waals surface area contributed by atoms with Gasteiger partial charge < -0.3 is 9.67 Å². The second-order valence-corrected chi connectivity index (χ2v) is 6.85. The minimum Gasteiger partial charge on any atom is -0.480 e. The third kappa shape index (κ3) is 3.29. The maximum atomic E-state index is 12.2. The smallest absolute Gasteiger partial charge is 0.323 e. The number of carbonyl (C=O) groups excluding carboxylic acids is 2. The Morgan fingerprint density at radius 1 is 1.21 bits per heavy atom. The molecule has 1 aliphatic rings. The average molecular weight is 407 g/mol. The lowest BCUT2D eigenvalue weighted by Crippen LogP contribution is -2.33. The predicted molar refractivity (Wildman–Crippen MR) is 93.8 cm³/mol. The Hall–Kier alpha value is -2.32. The summed E-state index contributed by atoms with van der Waals surface area (Å²) in [7, 11) is 0. The summed E-state index contributed by atoms with van der Waals surface area (Å²) >= 11 is 4.12. The van der Waals surface area contributed by atoms with Crippen molar-refractivity contribution < 1.29 is 19.5 Å². The van der Waals surface area contributed by atoms with Gasteiger partial charge in [0, 0.05) is 22.1 Å². The molecule has 1 fully saturated rings. The number of carbonyl (C=O) groups is 3. The van der Waals surface area contributed by atoms with Gasteiger partial charge in [-0.15, -0.1) is 0 Å². The highest BCUT2D eigenvalue weighted by Gasteiger charge is 2.36. The van der Waals surface area contributed by atoms with Crippen LogP contribution in [0.5, 0.6) is 0 Å². The number of hydrogen-bond donors (Lipinski definition) is 1. The van der Waals surface area contributed by atoms with Gasteiger partial charge in [0.15, 0.2) is 0 Å². The summed E-state index contributed by atoms with van der Waals surface area (Å²) in [5.74, 6) is -1.81. The highest BCUT2D eigenvalue weighted by Crippen LogP contribution is 2.32. The minimum absolute atomic E-state index is 0.207. The number of benzene rings is 1. The number of hydrogen-bond acceptors (Lipinski definition) is 4. The molecule has 0 spiro atoms. The van der Waals surface area contributed by atoms with E-state index < -0.39 is 23.7 Å². The van der Waals surface area contributed by atoms with Crippen molar-refractivity contribution in [3.05, 3.63) is 57.7 Å². The zero-order valence-electron chi connectivity index (χ0n) is 12.2. The molecule has 0 atom stereocenters. The van der Waals surface area contributed by atoms with Crippen molar-refractivity contribution >= 4 is 50.9 Å². The quantitative estimate of drug-likeness (QED) is 0.787. The SMILES string of the molecule is O=C(O)CN1C(=O)S/C(=C/c2cccn2-c2ccc(Br)cc2)C1=O. The molecule has 2 amide bonds. The van der Waals surface area contributed by atoms with Crippen LogP contribution in [-0.2, 0) is 9.59 Å². The Balaban J connectivity index is 1.92. The van der Waals surface area contributed by atoms with Gasteiger partial charge in [0.25, 0.3) is 11.1 Å². The van der Waals surface area contributed by atoms with Crippen LogP contribution in [0.25, 0.3) is 11.8 Å². The molecule has 3 rings (SSSR count). The number of aromatic nitrogens is 1. The molecule has 24 heavy (non-hydrogen) atoms. The summed E-state index contributed by atoms with van der Waals surface area (Å²) in [5, 5.41) is 8.21. The van der Waals surface area contributed by atoms with E-state index in [1.165, 1.54) is 0 Å². The van der Waals surface area contributed by atoms with Gasteiger partial charge in [-0.05, 0) is 54.2 Å². The van der Waals surface area contributed by atoms with E-state index in [4.69, 9.17) is 5.11 Å². The van der Waals surface area contributed by atoms with Gasteiger partial charge in [0.2, 0.25) is 0 Å². The standard InChI is InChI=1S/C16H11BrN2O4S/c17-10-3-5-11(6-4-10)18-7-1-2-12(18)8-13-15(22)19(9-14(20)21)16(23)24-13/h1-8H,9H2,(H,20,21)/b13-8+. The molecule has 6 nitrogen and oxygen atoms in total. The zero-order valence-corrected chi connectivity index (χ0v) is 14.6. The maximum absolute atomic E-state index is 12.2. The molecule has 2 aromatic rings. The first-order valence-corrected chi connectivity index (χ1v) is 8.47.